The molecule has 0 saturated carbocycles. The van der Waals surface area contributed by atoms with Crippen LogP contribution in [-0.4, -0.2) is 4.75 Å². The minimum Gasteiger partial charge on any atom is -0.241 e. The van der Waals surface area contributed by atoms with Crippen molar-refractivity contribution in [3.8, 4) is 0 Å². The summed E-state index contributed by atoms with van der Waals surface area (Å²) in [7, 11) is 2.30. The first-order valence-corrected chi connectivity index (χ1v) is 8.89. The monoisotopic (exact) mass is 243 g/mol. The van der Waals surface area contributed by atoms with E-state index in [4.69, 9.17) is 0 Å². The van der Waals surface area contributed by atoms with Crippen LogP contribution < -0.4 is 0 Å². The molecule has 1 aromatic rings. The van der Waals surface area contributed by atoms with Gasteiger partial charge in [-0.15, -0.1) is 0 Å². The second-order valence-electron chi connectivity index (χ2n) is 4.23. The fourth-order valence-electron chi connectivity index (χ4n) is 1.79. The predicted molar refractivity (Wildman–Crippen MR) is 72.7 cm³/mol. The second kappa shape index (κ2) is 8.31. The molecular formula is C12H23NP2. The number of unbranched alkanes of at least 4 members (excludes halogenated alkanes) is 6. The molecule has 0 N–H and O–H groups in total. The van der Waals surface area contributed by atoms with Gasteiger partial charge in [0.05, 0.1) is 0 Å². The number of aryl methyl sites for hydroxylation is 2. The highest BCUT2D eigenvalue weighted by Crippen LogP contribution is 2.28. The minimum absolute atomic E-state index is 0.805. The summed E-state index contributed by atoms with van der Waals surface area (Å²) in [5.41, 5.74) is 1.33. The smallest absolute Gasteiger partial charge is 0.0495 e. The lowest BCUT2D eigenvalue weighted by Crippen LogP contribution is -1.85. The standard InChI is InChI=1S/C12H23NP2/c1-3-4-5-6-7-8-9-10-12-11(2)13-15-14-12/h15H,3-10H2,1-2H3. The summed E-state index contributed by atoms with van der Waals surface area (Å²) in [6.07, 6.45) is 11.2. The van der Waals surface area contributed by atoms with E-state index in [1.165, 1.54) is 64.9 Å². The average Bonchev–Trinajstić information content (AvgIpc) is 2.63. The van der Waals surface area contributed by atoms with E-state index in [1.807, 2.05) is 0 Å². The van der Waals surface area contributed by atoms with Crippen molar-refractivity contribution in [3.63, 3.8) is 0 Å². The summed E-state index contributed by atoms with van der Waals surface area (Å²) in [5.74, 6) is 0. The first kappa shape index (κ1) is 13.2. The van der Waals surface area contributed by atoms with Gasteiger partial charge in [0.2, 0.25) is 0 Å². The molecule has 1 atom stereocenters. The van der Waals surface area contributed by atoms with Gasteiger partial charge in [0.15, 0.2) is 0 Å². The highest BCUT2D eigenvalue weighted by molar-refractivity contribution is 7.89. The van der Waals surface area contributed by atoms with Crippen molar-refractivity contribution in [2.75, 3.05) is 0 Å². The Bertz CT molecular complexity index is 258. The number of hydrogen-bond acceptors (Lipinski definition) is 1. The van der Waals surface area contributed by atoms with E-state index in [1.54, 1.807) is 5.30 Å². The quantitative estimate of drug-likeness (QED) is 0.565. The van der Waals surface area contributed by atoms with Crippen molar-refractivity contribution in [3.05, 3.63) is 11.0 Å². The molecule has 0 aliphatic rings. The molecule has 1 heterocycles. The van der Waals surface area contributed by atoms with Gasteiger partial charge in [-0.05, 0) is 35.7 Å². The summed E-state index contributed by atoms with van der Waals surface area (Å²) in [6.45, 7) is 4.45. The number of hydrogen-bond donors (Lipinski definition) is 0. The minimum atomic E-state index is 0.805. The Morgan fingerprint density at radius 1 is 1.07 bits per heavy atom. The summed E-state index contributed by atoms with van der Waals surface area (Å²) in [4.78, 5) is 0. The molecule has 0 radical (unpaired) electrons. The van der Waals surface area contributed by atoms with Crippen LogP contribution in [0.4, 0.5) is 0 Å². The highest BCUT2D eigenvalue weighted by atomic mass is 31.8. The lowest BCUT2D eigenvalue weighted by Gasteiger charge is -2.00. The van der Waals surface area contributed by atoms with Crippen LogP contribution in [0.1, 0.15) is 62.9 Å². The van der Waals surface area contributed by atoms with Gasteiger partial charge in [0.1, 0.15) is 0 Å². The maximum Gasteiger partial charge on any atom is 0.0495 e. The Balaban J connectivity index is 1.96. The molecular weight excluding hydrogens is 220 g/mol. The largest absolute Gasteiger partial charge is 0.241 e. The van der Waals surface area contributed by atoms with E-state index in [9.17, 15) is 0 Å². The second-order valence-corrected chi connectivity index (χ2v) is 6.68. The Hall–Kier alpha value is 0.140. The van der Waals surface area contributed by atoms with Crippen molar-refractivity contribution in [1.29, 1.82) is 0 Å². The first-order valence-electron chi connectivity index (χ1n) is 6.21. The maximum atomic E-state index is 4.45. The van der Waals surface area contributed by atoms with Gasteiger partial charge in [-0.3, -0.25) is 0 Å². The van der Waals surface area contributed by atoms with Gasteiger partial charge in [0, 0.05) is 11.0 Å². The Labute approximate surface area is 97.2 Å². The predicted octanol–water partition coefficient (Wildman–Crippen LogP) is 5.29. The zero-order valence-corrected chi connectivity index (χ0v) is 11.9. The average molecular weight is 243 g/mol. The van der Waals surface area contributed by atoms with Crippen molar-refractivity contribution in [2.45, 2.75) is 65.2 Å². The summed E-state index contributed by atoms with van der Waals surface area (Å²) < 4.78 is 4.45. The van der Waals surface area contributed by atoms with Gasteiger partial charge < -0.3 is 0 Å². The lowest BCUT2D eigenvalue weighted by molar-refractivity contribution is 0.590. The van der Waals surface area contributed by atoms with E-state index in [0.29, 0.717) is 0 Å². The van der Waals surface area contributed by atoms with Crippen LogP contribution in [-0.2, 0) is 6.42 Å². The van der Waals surface area contributed by atoms with Crippen LogP contribution in [0, 0.1) is 6.92 Å². The zero-order valence-electron chi connectivity index (χ0n) is 10.1. The van der Waals surface area contributed by atoms with Crippen molar-refractivity contribution < 1.29 is 0 Å². The molecule has 1 rings (SSSR count). The van der Waals surface area contributed by atoms with Gasteiger partial charge in [-0.1, -0.05) is 45.4 Å². The Morgan fingerprint density at radius 2 is 1.73 bits per heavy atom. The van der Waals surface area contributed by atoms with Crippen LogP contribution >= 0.6 is 15.9 Å². The van der Waals surface area contributed by atoms with Crippen molar-refractivity contribution in [2.24, 2.45) is 0 Å². The fourth-order valence-corrected chi connectivity index (χ4v) is 4.61. The van der Waals surface area contributed by atoms with E-state index < -0.39 is 0 Å². The van der Waals surface area contributed by atoms with E-state index in [2.05, 4.69) is 18.6 Å². The van der Waals surface area contributed by atoms with Gasteiger partial charge in [-0.25, -0.2) is 4.75 Å². The molecule has 0 fully saturated rings. The third kappa shape index (κ3) is 5.69. The number of rotatable bonds is 8. The van der Waals surface area contributed by atoms with E-state index >= 15 is 0 Å². The molecule has 3 heteroatoms. The van der Waals surface area contributed by atoms with Crippen LogP contribution in [0.5, 0.6) is 0 Å². The molecule has 1 aromatic heterocycles. The molecule has 0 aliphatic heterocycles. The number of aromatic nitrogens is 1. The van der Waals surface area contributed by atoms with Crippen molar-refractivity contribution in [1.82, 2.24) is 4.75 Å². The van der Waals surface area contributed by atoms with Crippen LogP contribution in [0.15, 0.2) is 0 Å². The molecule has 1 unspecified atom stereocenters. The Morgan fingerprint density at radius 3 is 2.33 bits per heavy atom. The molecule has 86 valence electrons. The molecule has 0 amide bonds. The van der Waals surface area contributed by atoms with E-state index in [-0.39, 0.29) is 0 Å². The third-order valence-electron chi connectivity index (χ3n) is 2.84. The lowest BCUT2D eigenvalue weighted by atomic mass is 10.1. The molecule has 0 aliphatic carbocycles. The number of nitrogens with zero attached hydrogens (tertiary/aromatic N) is 1. The highest BCUT2D eigenvalue weighted by Gasteiger charge is 1.99. The van der Waals surface area contributed by atoms with Gasteiger partial charge in [0.25, 0.3) is 0 Å². The third-order valence-corrected chi connectivity index (χ3v) is 5.60. The molecule has 0 aromatic carbocycles. The van der Waals surface area contributed by atoms with Crippen LogP contribution in [0.2, 0.25) is 0 Å². The molecule has 15 heavy (non-hydrogen) atoms. The van der Waals surface area contributed by atoms with Gasteiger partial charge in [-0.2, -0.15) is 0 Å². The van der Waals surface area contributed by atoms with Crippen LogP contribution in [0.3, 0.4) is 0 Å². The zero-order chi connectivity index (χ0) is 10.9. The molecule has 0 saturated heterocycles. The SMILES string of the molecule is CCCCCCCCCc1p[pH]nc1C. The maximum absolute atomic E-state index is 4.45. The molecule has 1 nitrogen and oxygen atoms in total. The van der Waals surface area contributed by atoms with Gasteiger partial charge >= 0.3 is 0 Å². The Kier molecular flexibility index (Phi) is 7.32. The fraction of sp³-hybridized carbons (Fsp3) is 0.833. The van der Waals surface area contributed by atoms with Crippen LogP contribution in [0.25, 0.3) is 0 Å². The summed E-state index contributed by atoms with van der Waals surface area (Å²) in [5, 5.41) is 1.61. The molecule has 0 spiro atoms. The molecule has 0 bridgehead atoms. The van der Waals surface area contributed by atoms with Crippen molar-refractivity contribution >= 4 is 15.9 Å². The summed E-state index contributed by atoms with van der Waals surface area (Å²) in [6, 6.07) is 0. The normalized spacial score (nSPS) is 11.9. The topological polar surface area (TPSA) is 12.9 Å². The van der Waals surface area contributed by atoms with E-state index in [0.717, 1.165) is 8.03 Å². The summed E-state index contributed by atoms with van der Waals surface area (Å²) >= 11 is 0. The first-order chi connectivity index (χ1) is 7.34.